The molecule has 0 atom stereocenters. The second kappa shape index (κ2) is 5.73. The van der Waals surface area contributed by atoms with E-state index in [4.69, 9.17) is 5.73 Å². The number of nitrogens with zero attached hydrogens (tertiary/aromatic N) is 2. The molecule has 5 heteroatoms. The fourth-order valence-electron chi connectivity index (χ4n) is 2.06. The molecule has 2 rings (SSSR count). The minimum Gasteiger partial charge on any atom is -0.369 e. The zero-order chi connectivity index (χ0) is 13.8. The minimum absolute atomic E-state index is 0.0511. The van der Waals surface area contributed by atoms with Crippen LogP contribution in [0.5, 0.6) is 0 Å². The maximum atomic E-state index is 11.6. The lowest BCUT2D eigenvalue weighted by Gasteiger charge is -2.07. The van der Waals surface area contributed by atoms with Gasteiger partial charge in [-0.25, -0.2) is 4.98 Å². The van der Waals surface area contributed by atoms with E-state index >= 15 is 0 Å². The van der Waals surface area contributed by atoms with Gasteiger partial charge in [0.25, 0.3) is 0 Å². The van der Waals surface area contributed by atoms with Crippen LogP contribution >= 0.6 is 0 Å². The fourth-order valence-corrected chi connectivity index (χ4v) is 2.06. The van der Waals surface area contributed by atoms with Gasteiger partial charge in [0.15, 0.2) is 0 Å². The normalized spacial score (nSPS) is 10.8. The summed E-state index contributed by atoms with van der Waals surface area (Å²) in [6.45, 7) is 5.33. The molecule has 19 heavy (non-hydrogen) atoms. The number of nitrogens with one attached hydrogen (secondary N) is 1. The summed E-state index contributed by atoms with van der Waals surface area (Å²) in [6, 6.07) is 6.02. The maximum absolute atomic E-state index is 11.6. The highest BCUT2D eigenvalue weighted by atomic mass is 16.1. The Morgan fingerprint density at radius 2 is 2.26 bits per heavy atom. The summed E-state index contributed by atoms with van der Waals surface area (Å²) < 4.78 is 1.89. The van der Waals surface area contributed by atoms with Gasteiger partial charge in [-0.2, -0.15) is 0 Å². The summed E-state index contributed by atoms with van der Waals surface area (Å²) in [4.78, 5) is 15.9. The van der Waals surface area contributed by atoms with Crippen molar-refractivity contribution in [2.24, 2.45) is 0 Å². The van der Waals surface area contributed by atoms with E-state index in [1.807, 2.05) is 36.6 Å². The van der Waals surface area contributed by atoms with Crippen molar-refractivity contribution in [2.75, 3.05) is 12.3 Å². The molecule has 0 fully saturated rings. The SMILES string of the molecule is CCCNC(=O)CCn1c(N)nc2cc(C)ccc21. The summed E-state index contributed by atoms with van der Waals surface area (Å²) in [7, 11) is 0. The quantitative estimate of drug-likeness (QED) is 0.861. The van der Waals surface area contributed by atoms with E-state index < -0.39 is 0 Å². The maximum Gasteiger partial charge on any atom is 0.221 e. The molecule has 1 heterocycles. The Bertz CT molecular complexity index is 588. The first kappa shape index (κ1) is 13.4. The van der Waals surface area contributed by atoms with E-state index in [-0.39, 0.29) is 5.91 Å². The Morgan fingerprint density at radius 3 is 3.00 bits per heavy atom. The van der Waals surface area contributed by atoms with E-state index in [2.05, 4.69) is 10.3 Å². The molecule has 5 nitrogen and oxygen atoms in total. The largest absolute Gasteiger partial charge is 0.369 e. The summed E-state index contributed by atoms with van der Waals surface area (Å²) >= 11 is 0. The first-order chi connectivity index (χ1) is 9.11. The molecule has 0 bridgehead atoms. The number of hydrogen-bond acceptors (Lipinski definition) is 3. The molecule has 0 aliphatic carbocycles. The number of aromatic nitrogens is 2. The average molecular weight is 260 g/mol. The lowest BCUT2D eigenvalue weighted by atomic mass is 10.2. The number of nitrogens with two attached hydrogens (primary N) is 1. The minimum atomic E-state index is 0.0511. The Kier molecular flexibility index (Phi) is 4.04. The van der Waals surface area contributed by atoms with Crippen LogP contribution in [0.1, 0.15) is 25.3 Å². The molecule has 0 saturated carbocycles. The summed E-state index contributed by atoms with van der Waals surface area (Å²) in [5, 5.41) is 2.86. The van der Waals surface area contributed by atoms with Crippen LogP contribution in [0, 0.1) is 6.92 Å². The number of carbonyl (C=O) groups is 1. The number of benzene rings is 1. The van der Waals surface area contributed by atoms with Crippen molar-refractivity contribution in [3.05, 3.63) is 23.8 Å². The van der Waals surface area contributed by atoms with Crippen molar-refractivity contribution in [3.8, 4) is 0 Å². The molecule has 0 radical (unpaired) electrons. The first-order valence-corrected chi connectivity index (χ1v) is 6.61. The van der Waals surface area contributed by atoms with Gasteiger partial charge < -0.3 is 15.6 Å². The standard InChI is InChI=1S/C14H20N4O/c1-3-7-16-13(19)6-8-18-12-5-4-10(2)9-11(12)17-14(18)15/h4-5,9H,3,6-8H2,1-2H3,(H2,15,17)(H,16,19). The van der Waals surface area contributed by atoms with Crippen LogP contribution in [-0.2, 0) is 11.3 Å². The monoisotopic (exact) mass is 260 g/mol. The van der Waals surface area contributed by atoms with Gasteiger partial charge in [-0.05, 0) is 31.0 Å². The number of anilines is 1. The molecule has 3 N–H and O–H groups in total. The summed E-state index contributed by atoms with van der Waals surface area (Å²) in [6.07, 6.45) is 1.37. The Hall–Kier alpha value is -2.04. The zero-order valence-electron chi connectivity index (χ0n) is 11.4. The highest BCUT2D eigenvalue weighted by Crippen LogP contribution is 2.19. The third kappa shape index (κ3) is 3.05. The van der Waals surface area contributed by atoms with Gasteiger partial charge in [0.1, 0.15) is 0 Å². The van der Waals surface area contributed by atoms with E-state index in [0.717, 1.165) is 29.6 Å². The van der Waals surface area contributed by atoms with Crippen molar-refractivity contribution in [1.82, 2.24) is 14.9 Å². The van der Waals surface area contributed by atoms with Gasteiger partial charge >= 0.3 is 0 Å². The van der Waals surface area contributed by atoms with Crippen LogP contribution in [0.3, 0.4) is 0 Å². The molecule has 1 aromatic carbocycles. The molecule has 0 aliphatic heterocycles. The number of nitrogen functional groups attached to an aromatic ring is 1. The predicted molar refractivity (Wildman–Crippen MR) is 76.8 cm³/mol. The van der Waals surface area contributed by atoms with E-state index in [1.54, 1.807) is 0 Å². The van der Waals surface area contributed by atoms with E-state index in [0.29, 0.717) is 18.9 Å². The highest BCUT2D eigenvalue weighted by Gasteiger charge is 2.09. The number of aryl methyl sites for hydroxylation is 2. The number of fused-ring (bicyclic) bond motifs is 1. The molecule has 0 spiro atoms. The highest BCUT2D eigenvalue weighted by molar-refractivity contribution is 5.80. The van der Waals surface area contributed by atoms with Crippen LogP contribution in [0.4, 0.5) is 5.95 Å². The molecular weight excluding hydrogens is 240 g/mol. The van der Waals surface area contributed by atoms with Crippen molar-refractivity contribution in [1.29, 1.82) is 0 Å². The van der Waals surface area contributed by atoms with Crippen molar-refractivity contribution in [3.63, 3.8) is 0 Å². The first-order valence-electron chi connectivity index (χ1n) is 6.61. The lowest BCUT2D eigenvalue weighted by molar-refractivity contribution is -0.121. The van der Waals surface area contributed by atoms with Gasteiger partial charge in [0.05, 0.1) is 11.0 Å². The number of imidazole rings is 1. The lowest BCUT2D eigenvalue weighted by Crippen LogP contribution is -2.25. The zero-order valence-corrected chi connectivity index (χ0v) is 11.4. The van der Waals surface area contributed by atoms with Crippen molar-refractivity contribution in [2.45, 2.75) is 33.2 Å². The number of amides is 1. The molecule has 1 amide bonds. The molecule has 2 aromatic rings. The van der Waals surface area contributed by atoms with Crippen molar-refractivity contribution < 1.29 is 4.79 Å². The van der Waals surface area contributed by atoms with Crippen LogP contribution in [0.2, 0.25) is 0 Å². The second-order valence-electron chi connectivity index (χ2n) is 4.71. The third-order valence-corrected chi connectivity index (χ3v) is 3.07. The van der Waals surface area contributed by atoms with Gasteiger partial charge in [-0.3, -0.25) is 4.79 Å². The van der Waals surface area contributed by atoms with Gasteiger partial charge in [0, 0.05) is 19.5 Å². The molecular formula is C14H20N4O. The molecule has 102 valence electrons. The van der Waals surface area contributed by atoms with Gasteiger partial charge in [-0.1, -0.05) is 13.0 Å². The molecule has 0 saturated heterocycles. The number of hydrogen-bond donors (Lipinski definition) is 2. The summed E-state index contributed by atoms with van der Waals surface area (Å²) in [5.74, 6) is 0.513. The van der Waals surface area contributed by atoms with E-state index in [1.165, 1.54) is 0 Å². The fraction of sp³-hybridized carbons (Fsp3) is 0.429. The average Bonchev–Trinajstić information content (AvgIpc) is 2.68. The van der Waals surface area contributed by atoms with Gasteiger partial charge in [-0.15, -0.1) is 0 Å². The van der Waals surface area contributed by atoms with Crippen LogP contribution < -0.4 is 11.1 Å². The van der Waals surface area contributed by atoms with E-state index in [9.17, 15) is 4.79 Å². The Labute approximate surface area is 112 Å². The van der Waals surface area contributed by atoms with Crippen LogP contribution in [0.25, 0.3) is 11.0 Å². The van der Waals surface area contributed by atoms with Crippen LogP contribution in [-0.4, -0.2) is 22.0 Å². The molecule has 1 aromatic heterocycles. The summed E-state index contributed by atoms with van der Waals surface area (Å²) in [5.41, 5.74) is 8.92. The third-order valence-electron chi connectivity index (χ3n) is 3.07. The predicted octanol–water partition coefficient (Wildman–Crippen LogP) is 1.84. The molecule has 0 aliphatic rings. The Balaban J connectivity index is 2.12. The number of rotatable bonds is 5. The Morgan fingerprint density at radius 1 is 1.47 bits per heavy atom. The number of carbonyl (C=O) groups excluding carboxylic acids is 1. The topological polar surface area (TPSA) is 72.9 Å². The smallest absolute Gasteiger partial charge is 0.221 e. The van der Waals surface area contributed by atoms with Crippen LogP contribution in [0.15, 0.2) is 18.2 Å². The molecule has 0 unspecified atom stereocenters. The van der Waals surface area contributed by atoms with Gasteiger partial charge in [0.2, 0.25) is 11.9 Å². The van der Waals surface area contributed by atoms with Crippen molar-refractivity contribution >= 4 is 22.9 Å². The second-order valence-corrected chi connectivity index (χ2v) is 4.71.